The van der Waals surface area contributed by atoms with Crippen LogP contribution in [0.15, 0.2) is 72.9 Å². The third kappa shape index (κ3) is 72.8. The van der Waals surface area contributed by atoms with Gasteiger partial charge in [-0.25, -0.2) is 9.13 Å². The number of hydrogen-bond donors (Lipinski definition) is 3. The monoisotopic (exact) mass is 1450 g/mol. The van der Waals surface area contributed by atoms with E-state index in [0.29, 0.717) is 25.7 Å². The molecule has 0 fully saturated rings. The largest absolute Gasteiger partial charge is 0.472 e. The molecule has 0 aromatic rings. The van der Waals surface area contributed by atoms with Crippen LogP contribution in [-0.2, 0) is 65.4 Å². The highest BCUT2D eigenvalue weighted by atomic mass is 31.2. The Labute approximate surface area is 609 Å². The lowest BCUT2D eigenvalue weighted by atomic mass is 10.1. The van der Waals surface area contributed by atoms with Crippen molar-refractivity contribution in [1.82, 2.24) is 0 Å². The van der Waals surface area contributed by atoms with Gasteiger partial charge in [0.1, 0.15) is 19.3 Å². The third-order valence-corrected chi connectivity index (χ3v) is 19.1. The Morgan fingerprint density at radius 2 is 0.490 bits per heavy atom. The molecule has 3 N–H and O–H groups in total. The van der Waals surface area contributed by atoms with Crippen LogP contribution in [0.3, 0.4) is 0 Å². The molecule has 100 heavy (non-hydrogen) atoms. The fourth-order valence-electron chi connectivity index (χ4n) is 11.0. The summed E-state index contributed by atoms with van der Waals surface area (Å²) in [5.41, 5.74) is 0. The fourth-order valence-corrected chi connectivity index (χ4v) is 12.5. The molecule has 0 aliphatic rings. The molecule has 0 aliphatic heterocycles. The summed E-state index contributed by atoms with van der Waals surface area (Å²) in [5.74, 6) is -2.20. The van der Waals surface area contributed by atoms with Gasteiger partial charge in [0.2, 0.25) is 0 Å². The lowest BCUT2D eigenvalue weighted by Crippen LogP contribution is -2.30. The Morgan fingerprint density at radius 3 is 0.760 bits per heavy atom. The van der Waals surface area contributed by atoms with E-state index in [1.165, 1.54) is 128 Å². The Bertz CT molecular complexity index is 2180. The minimum absolute atomic E-state index is 0.0760. The van der Waals surface area contributed by atoms with E-state index >= 15 is 0 Å². The van der Waals surface area contributed by atoms with E-state index in [1.807, 2.05) is 0 Å². The highest BCUT2D eigenvalue weighted by Gasteiger charge is 2.30. The number of carbonyl (C=O) groups excluding carboxylic acids is 4. The normalized spacial score (nSPS) is 14.3. The lowest BCUT2D eigenvalue weighted by Gasteiger charge is -2.21. The van der Waals surface area contributed by atoms with E-state index in [2.05, 4.69) is 101 Å². The molecule has 2 unspecified atom stereocenters. The minimum Gasteiger partial charge on any atom is -0.462 e. The van der Waals surface area contributed by atoms with Crippen LogP contribution >= 0.6 is 15.6 Å². The summed E-state index contributed by atoms with van der Waals surface area (Å²) in [7, 11) is -9.96. The Kier molecular flexibility index (Phi) is 71.2. The summed E-state index contributed by atoms with van der Waals surface area (Å²) in [6.45, 7) is 4.83. The first-order valence-corrected chi connectivity index (χ1v) is 43.2. The highest BCUT2D eigenvalue weighted by molar-refractivity contribution is 7.47. The van der Waals surface area contributed by atoms with Gasteiger partial charge in [0.05, 0.1) is 26.4 Å². The maximum atomic E-state index is 13.1. The van der Waals surface area contributed by atoms with Crippen LogP contribution in [0.1, 0.15) is 362 Å². The molecule has 0 amide bonds. The molecule has 17 nitrogen and oxygen atoms in total. The summed E-state index contributed by atoms with van der Waals surface area (Å²) < 4.78 is 68.6. The molecule has 582 valence electrons. The van der Waals surface area contributed by atoms with Crippen LogP contribution in [0.2, 0.25) is 0 Å². The van der Waals surface area contributed by atoms with Crippen LogP contribution in [-0.4, -0.2) is 96.7 Å². The molecule has 0 heterocycles. The number of phosphoric acid groups is 2. The van der Waals surface area contributed by atoms with Gasteiger partial charge in [-0.2, -0.15) is 0 Å². The minimum atomic E-state index is -4.98. The molecule has 0 saturated carbocycles. The molecule has 0 aromatic heterocycles. The van der Waals surface area contributed by atoms with Crippen LogP contribution in [0.4, 0.5) is 0 Å². The second-order valence-electron chi connectivity index (χ2n) is 27.1. The highest BCUT2D eigenvalue weighted by Crippen LogP contribution is 2.45. The van der Waals surface area contributed by atoms with Crippen LogP contribution in [0, 0.1) is 0 Å². The average Bonchev–Trinajstić information content (AvgIpc) is 1.01. The molecule has 0 spiro atoms. The molecule has 5 atom stereocenters. The first-order chi connectivity index (χ1) is 48.7. The Balaban J connectivity index is 5.37. The summed E-state index contributed by atoms with van der Waals surface area (Å²) >= 11 is 0. The summed E-state index contributed by atoms with van der Waals surface area (Å²) in [4.78, 5) is 73.0. The SMILES string of the molecule is CCCCCC/C=C\C=C/CCCCCCCC(=O)OC[C@H](COP(=O)(O)OC[C@@H](O)COP(=O)(O)OC[C@@H](COC(=O)CCCCCCC/C=C\CCCCCCCC)OC(=O)CCCCCCC/C=C\CCCCCCCC)OC(=O)CCCCCCC/C=C\C=C/CCCCCC. The zero-order valence-electron chi connectivity index (χ0n) is 63.6. The van der Waals surface area contributed by atoms with Crippen molar-refractivity contribution in [2.75, 3.05) is 39.6 Å². The number of allylic oxidation sites excluding steroid dienone is 12. The summed E-state index contributed by atoms with van der Waals surface area (Å²) in [6.07, 6.45) is 74.4. The van der Waals surface area contributed by atoms with Crippen LogP contribution < -0.4 is 0 Å². The van der Waals surface area contributed by atoms with Gasteiger partial charge in [-0.05, 0) is 128 Å². The van der Waals surface area contributed by atoms with Gasteiger partial charge in [-0.15, -0.1) is 0 Å². The van der Waals surface area contributed by atoms with Crippen molar-refractivity contribution in [2.24, 2.45) is 0 Å². The molecular weight excluding hydrogens is 1310 g/mol. The van der Waals surface area contributed by atoms with Gasteiger partial charge in [0, 0.05) is 25.7 Å². The Hall–Kier alpha value is -3.50. The van der Waals surface area contributed by atoms with Gasteiger partial charge < -0.3 is 33.8 Å². The molecular formula is C81H146O17P2. The zero-order chi connectivity index (χ0) is 73.2. The number of phosphoric ester groups is 2. The van der Waals surface area contributed by atoms with E-state index in [-0.39, 0.29) is 25.7 Å². The lowest BCUT2D eigenvalue weighted by molar-refractivity contribution is -0.161. The second kappa shape index (κ2) is 73.8. The molecule has 0 bridgehead atoms. The number of aliphatic hydroxyl groups excluding tert-OH is 1. The number of unbranched alkanes of at least 4 members (excludes halogenated alkanes) is 40. The number of carbonyl (C=O) groups is 4. The van der Waals surface area contributed by atoms with Crippen LogP contribution in [0.25, 0.3) is 0 Å². The molecule has 0 radical (unpaired) electrons. The Morgan fingerprint density at radius 1 is 0.280 bits per heavy atom. The van der Waals surface area contributed by atoms with Gasteiger partial charge in [0.15, 0.2) is 12.2 Å². The maximum Gasteiger partial charge on any atom is 0.472 e. The molecule has 19 heteroatoms. The van der Waals surface area contributed by atoms with Gasteiger partial charge in [-0.1, -0.05) is 280 Å². The van der Waals surface area contributed by atoms with E-state index in [9.17, 15) is 43.2 Å². The molecule has 0 saturated heterocycles. The van der Waals surface area contributed by atoms with Crippen molar-refractivity contribution in [2.45, 2.75) is 380 Å². The fraction of sp³-hybridized carbons (Fsp3) is 0.802. The predicted molar refractivity (Wildman–Crippen MR) is 409 cm³/mol. The van der Waals surface area contributed by atoms with Crippen molar-refractivity contribution in [1.29, 1.82) is 0 Å². The van der Waals surface area contributed by atoms with Crippen molar-refractivity contribution in [3.05, 3.63) is 72.9 Å². The first-order valence-electron chi connectivity index (χ1n) is 40.2. The molecule has 0 aromatic carbocycles. The number of hydrogen-bond acceptors (Lipinski definition) is 15. The third-order valence-electron chi connectivity index (χ3n) is 17.2. The topological polar surface area (TPSA) is 237 Å². The number of rotatable bonds is 76. The van der Waals surface area contributed by atoms with Crippen molar-refractivity contribution >= 4 is 39.5 Å². The quantitative estimate of drug-likeness (QED) is 0.0128. The van der Waals surface area contributed by atoms with Crippen LogP contribution in [0.5, 0.6) is 0 Å². The summed E-state index contributed by atoms with van der Waals surface area (Å²) in [5, 5.41) is 10.6. The van der Waals surface area contributed by atoms with Gasteiger partial charge in [-0.3, -0.25) is 37.3 Å². The van der Waals surface area contributed by atoms with E-state index in [4.69, 9.17) is 37.0 Å². The number of ether oxygens (including phenoxy) is 4. The smallest absolute Gasteiger partial charge is 0.462 e. The molecule has 0 aliphatic carbocycles. The van der Waals surface area contributed by atoms with E-state index in [0.717, 1.165) is 154 Å². The van der Waals surface area contributed by atoms with Crippen molar-refractivity contribution in [3.8, 4) is 0 Å². The standard InChI is InChI=1S/C81H146O17P2/c1-5-9-13-17-21-25-29-33-37-41-45-49-53-57-61-65-78(83)91-71-76(97-80(85)67-63-59-55-51-47-43-39-35-31-27-23-19-15-11-7-3)73-95-99(87,88)93-69-75(82)70-94-100(89,90)96-74-77(98-81(86)68-64-60-56-52-48-44-40-36-32-28-24-20-16-12-8-4)72-92-79(84)66-62-58-54-50-46-42-38-34-30-26-22-18-14-10-6-2/h25,27,29,31,33-40,75-77,82H,5-24,26,28,30,32,41-74H2,1-4H3,(H,87,88)(H,89,90)/b29-25-,31-27-,37-33-,38-34-,39-35-,40-36-/t75-,76-,77-/m1/s1. The predicted octanol–water partition coefficient (Wildman–Crippen LogP) is 23.2. The van der Waals surface area contributed by atoms with Crippen molar-refractivity contribution < 1.29 is 80.2 Å². The second-order valence-corrected chi connectivity index (χ2v) is 30.0. The summed E-state index contributed by atoms with van der Waals surface area (Å²) in [6, 6.07) is 0. The number of esters is 4. The van der Waals surface area contributed by atoms with E-state index < -0.39 is 97.5 Å². The maximum absolute atomic E-state index is 13.1. The van der Waals surface area contributed by atoms with Gasteiger partial charge in [0.25, 0.3) is 0 Å². The van der Waals surface area contributed by atoms with Crippen molar-refractivity contribution in [3.63, 3.8) is 0 Å². The average molecular weight is 1450 g/mol. The number of aliphatic hydroxyl groups is 1. The first kappa shape index (κ1) is 96.5. The van der Waals surface area contributed by atoms with E-state index in [1.54, 1.807) is 0 Å². The zero-order valence-corrected chi connectivity index (χ0v) is 65.4. The molecule has 0 rings (SSSR count). The van der Waals surface area contributed by atoms with Gasteiger partial charge >= 0.3 is 39.5 Å².